The van der Waals surface area contributed by atoms with E-state index in [0.29, 0.717) is 0 Å². The summed E-state index contributed by atoms with van der Waals surface area (Å²) >= 11 is 3.76. The van der Waals surface area contributed by atoms with Crippen molar-refractivity contribution in [2.75, 3.05) is 4.90 Å². The van der Waals surface area contributed by atoms with Crippen LogP contribution in [0.1, 0.15) is 22.3 Å². The Balaban J connectivity index is 1.16. The quantitative estimate of drug-likeness (QED) is 0.176. The van der Waals surface area contributed by atoms with E-state index >= 15 is 0 Å². The van der Waals surface area contributed by atoms with Gasteiger partial charge in [0, 0.05) is 41.3 Å². The second-order valence-corrected chi connectivity index (χ2v) is 17.0. The van der Waals surface area contributed by atoms with Crippen molar-refractivity contribution in [3.8, 4) is 22.3 Å². The molecule has 56 heavy (non-hydrogen) atoms. The van der Waals surface area contributed by atoms with E-state index in [1.807, 2.05) is 23.1 Å². The van der Waals surface area contributed by atoms with Gasteiger partial charge in [-0.25, -0.2) is 0 Å². The Morgan fingerprint density at radius 3 is 1.79 bits per heavy atom. The number of rotatable bonds is 4. The zero-order valence-electron chi connectivity index (χ0n) is 30.3. The summed E-state index contributed by atoms with van der Waals surface area (Å²) in [4.78, 5) is 5.12. The molecule has 262 valence electrons. The van der Waals surface area contributed by atoms with Crippen molar-refractivity contribution >= 4 is 71.1 Å². The number of hydrogen-bond acceptors (Lipinski definition) is 3. The molecule has 0 radical (unpaired) electrons. The number of fused-ring (bicyclic) bond motifs is 13. The Kier molecular flexibility index (Phi) is 7.01. The molecule has 1 aliphatic heterocycles. The monoisotopic (exact) mass is 747 g/mol. The molecule has 0 atom stereocenters. The van der Waals surface area contributed by atoms with Crippen molar-refractivity contribution in [2.45, 2.75) is 15.2 Å². The highest BCUT2D eigenvalue weighted by Crippen LogP contribution is 2.63. The van der Waals surface area contributed by atoms with Gasteiger partial charge in [-0.05, 0) is 122 Å². The molecule has 0 N–H and O–H groups in total. The minimum Gasteiger partial charge on any atom is -0.310 e. The van der Waals surface area contributed by atoms with Crippen LogP contribution in [0.2, 0.25) is 0 Å². The molecule has 2 aliphatic rings. The normalized spacial score (nSPS) is 13.4. The van der Waals surface area contributed by atoms with Crippen LogP contribution in [0.3, 0.4) is 0 Å². The van der Waals surface area contributed by atoms with Gasteiger partial charge in [0.15, 0.2) is 0 Å². The first kappa shape index (κ1) is 31.9. The number of benzene rings is 9. The maximum absolute atomic E-state index is 2.52. The lowest BCUT2D eigenvalue weighted by molar-refractivity contribution is 0.723. The highest BCUT2D eigenvalue weighted by atomic mass is 32.2. The van der Waals surface area contributed by atoms with E-state index in [-0.39, 0.29) is 0 Å². The average molecular weight is 748 g/mol. The molecule has 0 amide bonds. The lowest BCUT2D eigenvalue weighted by Gasteiger charge is -2.40. The molecule has 1 spiro atoms. The molecule has 0 unspecified atom stereocenters. The van der Waals surface area contributed by atoms with Crippen LogP contribution >= 0.6 is 23.1 Å². The number of thiophene rings is 1. The molecule has 10 aromatic rings. The van der Waals surface area contributed by atoms with Gasteiger partial charge in [0.05, 0.1) is 11.1 Å². The van der Waals surface area contributed by atoms with E-state index < -0.39 is 5.41 Å². The zero-order chi connectivity index (χ0) is 36.8. The molecular formula is C53H33NS2. The largest absolute Gasteiger partial charge is 0.310 e. The first-order valence-electron chi connectivity index (χ1n) is 19.2. The van der Waals surface area contributed by atoms with Crippen LogP contribution < -0.4 is 4.90 Å². The van der Waals surface area contributed by atoms with Crippen LogP contribution in [0.15, 0.2) is 210 Å². The number of nitrogens with zero attached hydrogens (tertiary/aromatic N) is 1. The van der Waals surface area contributed by atoms with Gasteiger partial charge in [-0.15, -0.1) is 11.3 Å². The van der Waals surface area contributed by atoms with E-state index in [1.54, 1.807) is 0 Å². The van der Waals surface area contributed by atoms with E-state index in [1.165, 1.54) is 90.9 Å². The van der Waals surface area contributed by atoms with Gasteiger partial charge in [0.2, 0.25) is 0 Å². The standard InChI is InChI=1S/C53H33NS2/c1-2-13-34(14-3-1)35-25-27-38(28-26-35)54(47-20-12-24-51-52(47)41-17-6-9-21-48(41)55-51)39-29-30-40-42-31-36-15-4-5-16-37(36)32-45(42)53(46(40)33-39)43-18-7-10-22-49(43)56-50-23-11-8-19-44(50)53/h1-33H. The summed E-state index contributed by atoms with van der Waals surface area (Å²) in [5.41, 5.74) is 13.4. The van der Waals surface area contributed by atoms with Crippen molar-refractivity contribution in [3.05, 3.63) is 222 Å². The third kappa shape index (κ3) is 4.56. The maximum atomic E-state index is 2.52. The molecule has 1 aliphatic carbocycles. The number of hydrogen-bond donors (Lipinski definition) is 0. The van der Waals surface area contributed by atoms with Crippen molar-refractivity contribution in [1.29, 1.82) is 0 Å². The van der Waals surface area contributed by atoms with Crippen LogP contribution in [0.5, 0.6) is 0 Å². The Labute approximate surface area is 334 Å². The summed E-state index contributed by atoms with van der Waals surface area (Å²) in [6, 6.07) is 74.6. The minimum absolute atomic E-state index is 0.493. The predicted octanol–water partition coefficient (Wildman–Crippen LogP) is 15.2. The van der Waals surface area contributed by atoms with Crippen molar-refractivity contribution in [2.24, 2.45) is 0 Å². The third-order valence-electron chi connectivity index (χ3n) is 11.9. The van der Waals surface area contributed by atoms with Gasteiger partial charge in [0.25, 0.3) is 0 Å². The smallest absolute Gasteiger partial charge is 0.0736 e. The molecule has 9 aromatic carbocycles. The highest BCUT2D eigenvalue weighted by Gasteiger charge is 2.50. The molecule has 3 heteroatoms. The van der Waals surface area contributed by atoms with Crippen LogP contribution in [-0.2, 0) is 5.41 Å². The predicted molar refractivity (Wildman–Crippen MR) is 238 cm³/mol. The lowest BCUT2D eigenvalue weighted by atomic mass is 9.67. The first-order chi connectivity index (χ1) is 27.8. The molecular weight excluding hydrogens is 715 g/mol. The van der Waals surface area contributed by atoms with Crippen molar-refractivity contribution < 1.29 is 0 Å². The fourth-order valence-corrected chi connectivity index (χ4v) is 11.8. The molecule has 0 saturated carbocycles. The SMILES string of the molecule is c1ccc(-c2ccc(N(c3ccc4c(c3)C3(c5ccccc5Sc5ccccc53)c3cc5ccccc5cc3-4)c3cccc4sc5ccccc5c34)cc2)cc1. The summed E-state index contributed by atoms with van der Waals surface area (Å²) in [5.74, 6) is 0. The van der Waals surface area contributed by atoms with Gasteiger partial charge >= 0.3 is 0 Å². The highest BCUT2D eigenvalue weighted by molar-refractivity contribution is 7.99. The third-order valence-corrected chi connectivity index (χ3v) is 14.2. The summed E-state index contributed by atoms with van der Waals surface area (Å²) in [6.07, 6.45) is 0. The Bertz CT molecular complexity index is 3130. The molecule has 2 heterocycles. The van der Waals surface area contributed by atoms with Crippen LogP contribution in [0.25, 0.3) is 53.2 Å². The second kappa shape index (κ2) is 12.3. The fourth-order valence-electron chi connectivity index (χ4n) is 9.51. The topological polar surface area (TPSA) is 3.24 Å². The summed E-state index contributed by atoms with van der Waals surface area (Å²) in [7, 11) is 0. The molecule has 0 bridgehead atoms. The van der Waals surface area contributed by atoms with E-state index in [0.717, 1.165) is 11.4 Å². The molecule has 1 nitrogen and oxygen atoms in total. The lowest BCUT2D eigenvalue weighted by Crippen LogP contribution is -2.32. The van der Waals surface area contributed by atoms with Crippen LogP contribution in [0, 0.1) is 0 Å². The molecule has 12 rings (SSSR count). The molecule has 0 fully saturated rings. The van der Waals surface area contributed by atoms with Gasteiger partial charge in [0.1, 0.15) is 0 Å². The molecule has 0 saturated heterocycles. The minimum atomic E-state index is -0.493. The molecule has 1 aromatic heterocycles. The van der Waals surface area contributed by atoms with Crippen molar-refractivity contribution in [1.82, 2.24) is 0 Å². The summed E-state index contributed by atoms with van der Waals surface area (Å²) in [5, 5.41) is 5.11. The van der Waals surface area contributed by atoms with E-state index in [4.69, 9.17) is 0 Å². The Morgan fingerprint density at radius 2 is 1.00 bits per heavy atom. The van der Waals surface area contributed by atoms with E-state index in [9.17, 15) is 0 Å². The Hall–Kier alpha value is -6.39. The van der Waals surface area contributed by atoms with Crippen LogP contribution in [-0.4, -0.2) is 0 Å². The summed E-state index contributed by atoms with van der Waals surface area (Å²) < 4.78 is 2.59. The first-order valence-corrected chi connectivity index (χ1v) is 20.8. The Morgan fingerprint density at radius 1 is 0.393 bits per heavy atom. The number of anilines is 3. The van der Waals surface area contributed by atoms with Gasteiger partial charge in [-0.1, -0.05) is 145 Å². The van der Waals surface area contributed by atoms with Gasteiger partial charge < -0.3 is 4.90 Å². The van der Waals surface area contributed by atoms with Crippen molar-refractivity contribution in [3.63, 3.8) is 0 Å². The van der Waals surface area contributed by atoms with Crippen LogP contribution in [0.4, 0.5) is 17.1 Å². The van der Waals surface area contributed by atoms with Gasteiger partial charge in [-0.2, -0.15) is 0 Å². The summed E-state index contributed by atoms with van der Waals surface area (Å²) in [6.45, 7) is 0. The average Bonchev–Trinajstić information content (AvgIpc) is 3.77. The van der Waals surface area contributed by atoms with E-state index in [2.05, 4.69) is 205 Å². The second-order valence-electron chi connectivity index (χ2n) is 14.8. The fraction of sp³-hybridized carbons (Fsp3) is 0.0189. The zero-order valence-corrected chi connectivity index (χ0v) is 31.9. The van der Waals surface area contributed by atoms with Gasteiger partial charge in [-0.3, -0.25) is 0 Å². The maximum Gasteiger partial charge on any atom is 0.0736 e.